The van der Waals surface area contributed by atoms with Gasteiger partial charge in [-0.3, -0.25) is 0 Å². The van der Waals surface area contributed by atoms with Crippen LogP contribution in [0.5, 0.6) is 5.75 Å². The number of benzene rings is 2. The van der Waals surface area contributed by atoms with Gasteiger partial charge in [0.2, 0.25) is 0 Å². The van der Waals surface area contributed by atoms with E-state index in [-0.39, 0.29) is 17.9 Å². The number of halogens is 2. The third-order valence-electron chi connectivity index (χ3n) is 3.93. The SMILES string of the molecule is CCC(C)(C)NCc1ccc(OCc2ccccc2Cl)cc1.Cl. The van der Waals surface area contributed by atoms with Crippen molar-refractivity contribution in [3.05, 3.63) is 64.7 Å². The molecule has 0 aliphatic carbocycles. The van der Waals surface area contributed by atoms with Crippen LogP contribution in [0.1, 0.15) is 38.3 Å². The smallest absolute Gasteiger partial charge is 0.119 e. The number of hydrogen-bond donors (Lipinski definition) is 1. The lowest BCUT2D eigenvalue weighted by Gasteiger charge is -2.24. The van der Waals surface area contributed by atoms with E-state index in [2.05, 4.69) is 38.2 Å². The highest BCUT2D eigenvalue weighted by atomic mass is 35.5. The van der Waals surface area contributed by atoms with E-state index in [4.69, 9.17) is 16.3 Å². The van der Waals surface area contributed by atoms with E-state index < -0.39 is 0 Å². The first-order valence-electron chi connectivity index (χ1n) is 7.70. The van der Waals surface area contributed by atoms with Crippen LogP contribution in [-0.4, -0.2) is 5.54 Å². The fourth-order valence-corrected chi connectivity index (χ4v) is 2.14. The van der Waals surface area contributed by atoms with Gasteiger partial charge in [0.25, 0.3) is 0 Å². The zero-order valence-corrected chi connectivity index (χ0v) is 15.5. The van der Waals surface area contributed by atoms with E-state index in [0.29, 0.717) is 6.61 Å². The summed E-state index contributed by atoms with van der Waals surface area (Å²) in [7, 11) is 0. The summed E-state index contributed by atoms with van der Waals surface area (Å²) in [5.74, 6) is 0.860. The highest BCUT2D eigenvalue weighted by molar-refractivity contribution is 6.31. The fourth-order valence-electron chi connectivity index (χ4n) is 1.95. The van der Waals surface area contributed by atoms with Gasteiger partial charge in [0.15, 0.2) is 0 Å². The van der Waals surface area contributed by atoms with Crippen molar-refractivity contribution in [2.45, 2.75) is 45.9 Å². The molecule has 0 heterocycles. The standard InChI is InChI=1S/C19H24ClNO.ClH/c1-4-19(2,3)21-13-15-9-11-17(12-10-15)22-14-16-7-5-6-8-18(16)20;/h5-12,21H,4,13-14H2,1-3H3;1H. The molecule has 0 amide bonds. The second-order valence-electron chi connectivity index (χ2n) is 6.12. The van der Waals surface area contributed by atoms with Gasteiger partial charge < -0.3 is 10.1 Å². The Bertz CT molecular complexity index is 597. The predicted octanol–water partition coefficient (Wildman–Crippen LogP) is 5.62. The summed E-state index contributed by atoms with van der Waals surface area (Å²) in [6, 6.07) is 16.0. The topological polar surface area (TPSA) is 21.3 Å². The molecule has 0 saturated carbocycles. The molecule has 0 atom stereocenters. The average Bonchev–Trinajstić information content (AvgIpc) is 2.53. The minimum atomic E-state index is 0. The van der Waals surface area contributed by atoms with Gasteiger partial charge in [0, 0.05) is 22.7 Å². The Labute approximate surface area is 150 Å². The molecule has 4 heteroatoms. The molecule has 1 N–H and O–H groups in total. The zero-order valence-electron chi connectivity index (χ0n) is 13.9. The molecular formula is C19H25Cl2NO. The van der Waals surface area contributed by atoms with E-state index in [9.17, 15) is 0 Å². The summed E-state index contributed by atoms with van der Waals surface area (Å²) in [5.41, 5.74) is 2.42. The van der Waals surface area contributed by atoms with Crippen LogP contribution >= 0.6 is 24.0 Å². The zero-order chi connectivity index (χ0) is 16.0. The molecular weight excluding hydrogens is 329 g/mol. The molecule has 0 unspecified atom stereocenters. The number of hydrogen-bond acceptors (Lipinski definition) is 2. The summed E-state index contributed by atoms with van der Waals surface area (Å²) in [4.78, 5) is 0. The van der Waals surface area contributed by atoms with Crippen molar-refractivity contribution in [2.24, 2.45) is 0 Å². The van der Waals surface area contributed by atoms with Crippen LogP contribution in [0.4, 0.5) is 0 Å². The quantitative estimate of drug-likeness (QED) is 0.697. The Morgan fingerprint density at radius 2 is 1.70 bits per heavy atom. The molecule has 23 heavy (non-hydrogen) atoms. The molecule has 0 aliphatic heterocycles. The molecule has 0 aromatic heterocycles. The molecule has 2 aromatic carbocycles. The van der Waals surface area contributed by atoms with Crippen LogP contribution in [0, 0.1) is 0 Å². The number of rotatable bonds is 7. The minimum absolute atomic E-state index is 0. The van der Waals surface area contributed by atoms with Crippen molar-refractivity contribution in [3.63, 3.8) is 0 Å². The summed E-state index contributed by atoms with van der Waals surface area (Å²) in [6.07, 6.45) is 1.10. The summed E-state index contributed by atoms with van der Waals surface area (Å²) < 4.78 is 5.79. The van der Waals surface area contributed by atoms with Gasteiger partial charge in [-0.1, -0.05) is 48.9 Å². The maximum absolute atomic E-state index is 6.13. The van der Waals surface area contributed by atoms with Crippen molar-refractivity contribution in [1.82, 2.24) is 5.32 Å². The first-order chi connectivity index (χ1) is 10.5. The Morgan fingerprint density at radius 3 is 2.30 bits per heavy atom. The molecule has 2 nitrogen and oxygen atoms in total. The van der Waals surface area contributed by atoms with E-state index in [0.717, 1.165) is 29.3 Å². The number of nitrogens with one attached hydrogen (secondary N) is 1. The molecule has 0 spiro atoms. The largest absolute Gasteiger partial charge is 0.489 e. The fraction of sp³-hybridized carbons (Fsp3) is 0.368. The Morgan fingerprint density at radius 1 is 1.04 bits per heavy atom. The van der Waals surface area contributed by atoms with Crippen LogP contribution in [0.3, 0.4) is 0 Å². The van der Waals surface area contributed by atoms with Crippen LogP contribution in [0.25, 0.3) is 0 Å². The van der Waals surface area contributed by atoms with E-state index >= 15 is 0 Å². The lowest BCUT2D eigenvalue weighted by atomic mass is 10.0. The van der Waals surface area contributed by atoms with Crippen LogP contribution < -0.4 is 10.1 Å². The highest BCUT2D eigenvalue weighted by Crippen LogP contribution is 2.19. The predicted molar refractivity (Wildman–Crippen MR) is 101 cm³/mol. The lowest BCUT2D eigenvalue weighted by Crippen LogP contribution is -2.37. The summed E-state index contributed by atoms with van der Waals surface area (Å²) >= 11 is 6.13. The van der Waals surface area contributed by atoms with Gasteiger partial charge in [-0.2, -0.15) is 0 Å². The molecule has 126 valence electrons. The molecule has 0 fully saturated rings. The summed E-state index contributed by atoms with van der Waals surface area (Å²) in [6.45, 7) is 7.98. The number of ether oxygens (including phenoxy) is 1. The molecule has 2 aromatic rings. The van der Waals surface area contributed by atoms with Gasteiger partial charge in [-0.05, 0) is 44.0 Å². The lowest BCUT2D eigenvalue weighted by molar-refractivity contribution is 0.306. The Balaban J connectivity index is 0.00000264. The van der Waals surface area contributed by atoms with Crippen molar-refractivity contribution < 1.29 is 4.74 Å². The first kappa shape index (κ1) is 19.8. The molecule has 0 aliphatic rings. The minimum Gasteiger partial charge on any atom is -0.489 e. The van der Waals surface area contributed by atoms with Gasteiger partial charge >= 0.3 is 0 Å². The van der Waals surface area contributed by atoms with Gasteiger partial charge in [-0.25, -0.2) is 0 Å². The molecule has 2 rings (SSSR count). The first-order valence-corrected chi connectivity index (χ1v) is 8.08. The van der Waals surface area contributed by atoms with E-state index in [1.165, 1.54) is 5.56 Å². The average molecular weight is 354 g/mol. The third kappa shape index (κ3) is 6.42. The van der Waals surface area contributed by atoms with Gasteiger partial charge in [0.05, 0.1) is 0 Å². The Kier molecular flexibility index (Phi) is 7.90. The van der Waals surface area contributed by atoms with Crippen LogP contribution in [-0.2, 0) is 13.2 Å². The van der Waals surface area contributed by atoms with Crippen LogP contribution in [0.2, 0.25) is 5.02 Å². The van der Waals surface area contributed by atoms with E-state index in [1.54, 1.807) is 0 Å². The van der Waals surface area contributed by atoms with Crippen molar-refractivity contribution in [3.8, 4) is 5.75 Å². The van der Waals surface area contributed by atoms with Gasteiger partial charge in [-0.15, -0.1) is 12.4 Å². The normalized spacial score (nSPS) is 11.0. The Hall–Kier alpha value is -1.22. The molecule has 0 bridgehead atoms. The maximum Gasteiger partial charge on any atom is 0.119 e. The van der Waals surface area contributed by atoms with Crippen molar-refractivity contribution in [2.75, 3.05) is 0 Å². The third-order valence-corrected chi connectivity index (χ3v) is 4.30. The second-order valence-corrected chi connectivity index (χ2v) is 6.52. The van der Waals surface area contributed by atoms with Crippen molar-refractivity contribution >= 4 is 24.0 Å². The van der Waals surface area contributed by atoms with Gasteiger partial charge in [0.1, 0.15) is 12.4 Å². The van der Waals surface area contributed by atoms with E-state index in [1.807, 2.05) is 36.4 Å². The van der Waals surface area contributed by atoms with Crippen molar-refractivity contribution in [1.29, 1.82) is 0 Å². The maximum atomic E-state index is 6.13. The highest BCUT2D eigenvalue weighted by Gasteiger charge is 2.13. The monoisotopic (exact) mass is 353 g/mol. The second kappa shape index (κ2) is 9.17. The molecule has 0 radical (unpaired) electrons. The summed E-state index contributed by atoms with van der Waals surface area (Å²) in [5, 5.41) is 4.29. The molecule has 0 saturated heterocycles. The van der Waals surface area contributed by atoms with Crippen LogP contribution in [0.15, 0.2) is 48.5 Å².